The molecule has 1 aliphatic rings. The maximum absolute atomic E-state index is 6.26. The molecule has 1 aliphatic heterocycles. The number of rotatable bonds is 5. The lowest BCUT2D eigenvalue weighted by Crippen LogP contribution is -2.21. The summed E-state index contributed by atoms with van der Waals surface area (Å²) in [6.07, 6.45) is 1.10. The lowest BCUT2D eigenvalue weighted by Gasteiger charge is -2.16. The molecule has 2 heterocycles. The Labute approximate surface area is 121 Å². The molecule has 0 spiro atoms. The molecule has 1 aromatic heterocycles. The van der Waals surface area contributed by atoms with E-state index in [1.807, 2.05) is 12.1 Å². The smallest absolute Gasteiger partial charge is 0.126 e. The fourth-order valence-corrected chi connectivity index (χ4v) is 2.70. The minimum atomic E-state index is 0.764. The van der Waals surface area contributed by atoms with Gasteiger partial charge in [0.15, 0.2) is 0 Å². The molecule has 19 heavy (non-hydrogen) atoms. The van der Waals surface area contributed by atoms with Crippen LogP contribution in [0.1, 0.15) is 32.9 Å². The molecule has 0 radical (unpaired) electrons. The van der Waals surface area contributed by atoms with Gasteiger partial charge >= 0.3 is 0 Å². The number of anilines is 1. The van der Waals surface area contributed by atoms with Gasteiger partial charge in [0.2, 0.25) is 0 Å². The van der Waals surface area contributed by atoms with Crippen LogP contribution >= 0.6 is 11.6 Å². The van der Waals surface area contributed by atoms with Gasteiger partial charge in [-0.25, -0.2) is 4.98 Å². The van der Waals surface area contributed by atoms with Crippen molar-refractivity contribution in [3.8, 4) is 0 Å². The van der Waals surface area contributed by atoms with Crippen molar-refractivity contribution >= 4 is 17.4 Å². The monoisotopic (exact) mass is 281 g/mol. The molecule has 4 heteroatoms. The number of pyridine rings is 1. The number of aromatic nitrogens is 1. The summed E-state index contributed by atoms with van der Waals surface area (Å²) in [7, 11) is 0. The van der Waals surface area contributed by atoms with E-state index >= 15 is 0 Å². The lowest BCUT2D eigenvalue weighted by atomic mass is 10.0. The normalized spacial score (nSPS) is 23.8. The second-order valence-corrected chi connectivity index (χ2v) is 6.11. The first kappa shape index (κ1) is 14.6. The Balaban J connectivity index is 2.02. The highest BCUT2D eigenvalue weighted by atomic mass is 35.5. The molecule has 2 rings (SSSR count). The molecule has 1 saturated heterocycles. The molecular formula is C15H24ClN3. The van der Waals surface area contributed by atoms with Crippen LogP contribution in [0.2, 0.25) is 5.02 Å². The largest absolute Gasteiger partial charge is 0.370 e. The van der Waals surface area contributed by atoms with Crippen molar-refractivity contribution in [1.29, 1.82) is 0 Å². The molecule has 1 aromatic rings. The average molecular weight is 282 g/mol. The SMILES string of the molecule is CCCNc1ccc(Cl)c(CN2CC(C)C(C)C2)n1. The van der Waals surface area contributed by atoms with Gasteiger partial charge in [-0.1, -0.05) is 32.4 Å². The van der Waals surface area contributed by atoms with Crippen LogP contribution < -0.4 is 5.32 Å². The number of nitrogens with one attached hydrogen (secondary N) is 1. The van der Waals surface area contributed by atoms with Gasteiger partial charge in [0.1, 0.15) is 5.82 Å². The van der Waals surface area contributed by atoms with E-state index in [0.29, 0.717) is 0 Å². The summed E-state index contributed by atoms with van der Waals surface area (Å²) in [5.41, 5.74) is 0.990. The maximum atomic E-state index is 6.26. The minimum Gasteiger partial charge on any atom is -0.370 e. The van der Waals surface area contributed by atoms with Gasteiger partial charge in [-0.15, -0.1) is 0 Å². The Kier molecular flexibility index (Phi) is 5.06. The van der Waals surface area contributed by atoms with E-state index in [9.17, 15) is 0 Å². The second-order valence-electron chi connectivity index (χ2n) is 5.70. The number of halogens is 1. The van der Waals surface area contributed by atoms with E-state index in [0.717, 1.165) is 61.0 Å². The average Bonchev–Trinajstić information content (AvgIpc) is 2.69. The van der Waals surface area contributed by atoms with Crippen molar-refractivity contribution in [2.75, 3.05) is 25.0 Å². The molecule has 0 amide bonds. The van der Waals surface area contributed by atoms with E-state index < -0.39 is 0 Å². The third-order valence-corrected chi connectivity index (χ3v) is 4.26. The first-order chi connectivity index (χ1) is 9.10. The van der Waals surface area contributed by atoms with E-state index in [2.05, 4.69) is 36.0 Å². The predicted octanol–water partition coefficient (Wildman–Crippen LogP) is 3.64. The molecule has 1 fully saturated rings. The van der Waals surface area contributed by atoms with Gasteiger partial charge in [0.05, 0.1) is 10.7 Å². The molecule has 3 nitrogen and oxygen atoms in total. The summed E-state index contributed by atoms with van der Waals surface area (Å²) < 4.78 is 0. The lowest BCUT2D eigenvalue weighted by molar-refractivity contribution is 0.312. The van der Waals surface area contributed by atoms with Crippen LogP contribution in [0.15, 0.2) is 12.1 Å². The molecule has 2 unspecified atom stereocenters. The van der Waals surface area contributed by atoms with Crippen molar-refractivity contribution in [2.45, 2.75) is 33.7 Å². The fourth-order valence-electron chi connectivity index (χ4n) is 2.54. The zero-order valence-corrected chi connectivity index (χ0v) is 12.9. The van der Waals surface area contributed by atoms with Crippen LogP contribution in [0, 0.1) is 11.8 Å². The topological polar surface area (TPSA) is 28.2 Å². The van der Waals surface area contributed by atoms with Gasteiger partial charge < -0.3 is 5.32 Å². The summed E-state index contributed by atoms with van der Waals surface area (Å²) >= 11 is 6.26. The van der Waals surface area contributed by atoms with Crippen LogP contribution in [0.5, 0.6) is 0 Å². The summed E-state index contributed by atoms with van der Waals surface area (Å²) in [6.45, 7) is 10.9. The summed E-state index contributed by atoms with van der Waals surface area (Å²) in [4.78, 5) is 7.09. The summed E-state index contributed by atoms with van der Waals surface area (Å²) in [5.74, 6) is 2.46. The highest BCUT2D eigenvalue weighted by molar-refractivity contribution is 6.31. The fraction of sp³-hybridized carbons (Fsp3) is 0.667. The van der Waals surface area contributed by atoms with E-state index in [1.165, 1.54) is 0 Å². The van der Waals surface area contributed by atoms with E-state index in [4.69, 9.17) is 11.6 Å². The van der Waals surface area contributed by atoms with E-state index in [-0.39, 0.29) is 0 Å². The molecule has 0 aliphatic carbocycles. The number of likely N-dealkylation sites (tertiary alicyclic amines) is 1. The third kappa shape index (κ3) is 3.83. The van der Waals surface area contributed by atoms with Crippen LogP contribution in [-0.2, 0) is 6.54 Å². The molecule has 1 N–H and O–H groups in total. The van der Waals surface area contributed by atoms with Crippen LogP contribution in [0.3, 0.4) is 0 Å². The van der Waals surface area contributed by atoms with Crippen molar-refractivity contribution in [3.05, 3.63) is 22.8 Å². The molecule has 0 saturated carbocycles. The minimum absolute atomic E-state index is 0.764. The third-order valence-electron chi connectivity index (χ3n) is 3.91. The first-order valence-electron chi connectivity index (χ1n) is 7.21. The Morgan fingerprint density at radius 3 is 2.63 bits per heavy atom. The summed E-state index contributed by atoms with van der Waals surface area (Å²) in [6, 6.07) is 3.90. The molecular weight excluding hydrogens is 258 g/mol. The zero-order chi connectivity index (χ0) is 13.8. The number of nitrogens with zero attached hydrogens (tertiary/aromatic N) is 2. The molecule has 2 atom stereocenters. The maximum Gasteiger partial charge on any atom is 0.126 e. The molecule has 106 valence electrons. The van der Waals surface area contributed by atoms with E-state index in [1.54, 1.807) is 0 Å². The Morgan fingerprint density at radius 1 is 1.32 bits per heavy atom. The number of hydrogen-bond acceptors (Lipinski definition) is 3. The Morgan fingerprint density at radius 2 is 2.00 bits per heavy atom. The van der Waals surface area contributed by atoms with Gasteiger partial charge in [0, 0.05) is 26.2 Å². The highest BCUT2D eigenvalue weighted by Crippen LogP contribution is 2.25. The number of hydrogen-bond donors (Lipinski definition) is 1. The highest BCUT2D eigenvalue weighted by Gasteiger charge is 2.26. The van der Waals surface area contributed by atoms with Crippen LogP contribution in [0.4, 0.5) is 5.82 Å². The quantitative estimate of drug-likeness (QED) is 0.893. The van der Waals surface area contributed by atoms with Crippen molar-refractivity contribution in [2.24, 2.45) is 11.8 Å². The van der Waals surface area contributed by atoms with Crippen LogP contribution in [0.25, 0.3) is 0 Å². The van der Waals surface area contributed by atoms with Crippen LogP contribution in [-0.4, -0.2) is 29.5 Å². The van der Waals surface area contributed by atoms with Gasteiger partial charge in [-0.3, -0.25) is 4.90 Å². The summed E-state index contributed by atoms with van der Waals surface area (Å²) in [5, 5.41) is 4.09. The van der Waals surface area contributed by atoms with Crippen molar-refractivity contribution in [1.82, 2.24) is 9.88 Å². The van der Waals surface area contributed by atoms with Crippen molar-refractivity contribution < 1.29 is 0 Å². The van der Waals surface area contributed by atoms with Gasteiger partial charge in [-0.05, 0) is 30.4 Å². The Bertz CT molecular complexity index is 412. The zero-order valence-electron chi connectivity index (χ0n) is 12.1. The Hall–Kier alpha value is -0.800. The standard InChI is InChI=1S/C15H24ClN3/c1-4-7-17-15-6-5-13(16)14(18-15)10-19-8-11(2)12(3)9-19/h5-6,11-12H,4,7-10H2,1-3H3,(H,17,18). The van der Waals surface area contributed by atoms with Gasteiger partial charge in [-0.2, -0.15) is 0 Å². The second kappa shape index (κ2) is 6.58. The van der Waals surface area contributed by atoms with Gasteiger partial charge in [0.25, 0.3) is 0 Å². The van der Waals surface area contributed by atoms with Crippen molar-refractivity contribution in [3.63, 3.8) is 0 Å². The molecule has 0 bridgehead atoms. The first-order valence-corrected chi connectivity index (χ1v) is 7.59. The predicted molar refractivity (Wildman–Crippen MR) is 81.6 cm³/mol. The molecule has 0 aromatic carbocycles.